The van der Waals surface area contributed by atoms with Crippen LogP contribution in [-0.2, 0) is 47.1 Å². The summed E-state index contributed by atoms with van der Waals surface area (Å²) in [6.07, 6.45) is -1.91. The van der Waals surface area contributed by atoms with Gasteiger partial charge in [0, 0.05) is 19.2 Å². The number of aliphatic hydroxyl groups is 1. The number of rotatable bonds is 15. The smallest absolute Gasteiger partial charge is 0.421 e. The molecule has 4 heterocycles. The summed E-state index contributed by atoms with van der Waals surface area (Å²) in [5.41, 5.74) is 3.49. The molecule has 15 nitrogen and oxygen atoms in total. The molecule has 73 heavy (non-hydrogen) atoms. The number of cyclic esters (lactones) is 1. The van der Waals surface area contributed by atoms with Crippen molar-refractivity contribution < 1.29 is 43.2 Å². The van der Waals surface area contributed by atoms with Crippen molar-refractivity contribution in [2.24, 2.45) is 5.92 Å². The number of para-hydroxylation sites is 2. The lowest BCUT2D eigenvalue weighted by molar-refractivity contribution is -0.178. The van der Waals surface area contributed by atoms with Crippen LogP contribution in [0.3, 0.4) is 0 Å². The Morgan fingerprint density at radius 3 is 2.23 bits per heavy atom. The average Bonchev–Trinajstić information content (AvgIpc) is 4.07. The summed E-state index contributed by atoms with van der Waals surface area (Å²) in [5.74, 6) is 3.77. The lowest BCUT2D eigenvalue weighted by Crippen LogP contribution is -2.55. The molecule has 2 fully saturated rings. The van der Waals surface area contributed by atoms with Gasteiger partial charge in [-0.2, -0.15) is 0 Å². The third-order valence-electron chi connectivity index (χ3n) is 13.7. The SMILES string of the molecule is COCCOC(=O)N1C(=O)[C@@]2(c3cc(C#CCN(C)Cc4ccccc4)ccc31)[C@H](c1ccc(OCCO)cc1)N1[C@H](c3ccccc3)[C@H](c3ccccc3)OC(=O)[C@H]1[C@@H]2C(=O)NCc1nc2ccccc2[nH]1. The first-order valence-corrected chi connectivity index (χ1v) is 24.2. The van der Waals surface area contributed by atoms with Crippen LogP contribution in [0.2, 0.25) is 0 Å². The number of imide groups is 1. The van der Waals surface area contributed by atoms with Gasteiger partial charge in [-0.1, -0.05) is 127 Å². The zero-order valence-corrected chi connectivity index (χ0v) is 40.3. The number of nitrogens with one attached hydrogen (secondary N) is 2. The molecule has 6 atom stereocenters. The number of ether oxygens (including phenoxy) is 4. The number of H-pyrrole nitrogens is 1. The summed E-state index contributed by atoms with van der Waals surface area (Å²) in [6.45, 7) is 0.670. The van der Waals surface area contributed by atoms with Gasteiger partial charge in [-0.15, -0.1) is 0 Å². The van der Waals surface area contributed by atoms with Crippen LogP contribution in [0.5, 0.6) is 5.75 Å². The summed E-state index contributed by atoms with van der Waals surface area (Å²) >= 11 is 0. The molecule has 0 unspecified atom stereocenters. The number of methoxy groups -OCH3 is 1. The van der Waals surface area contributed by atoms with E-state index in [1.807, 2.05) is 115 Å². The first-order valence-electron chi connectivity index (χ1n) is 24.2. The van der Waals surface area contributed by atoms with Gasteiger partial charge in [-0.25, -0.2) is 14.7 Å². The van der Waals surface area contributed by atoms with E-state index in [1.54, 1.807) is 42.5 Å². The van der Waals surface area contributed by atoms with E-state index in [9.17, 15) is 9.90 Å². The number of hydrogen-bond donors (Lipinski definition) is 3. The van der Waals surface area contributed by atoms with Crippen LogP contribution in [0.4, 0.5) is 10.5 Å². The molecule has 0 bridgehead atoms. The second-order valence-electron chi connectivity index (χ2n) is 18.3. The van der Waals surface area contributed by atoms with Crippen molar-refractivity contribution in [2.75, 3.05) is 52.0 Å². The predicted octanol–water partition coefficient (Wildman–Crippen LogP) is 7.18. The molecule has 3 N–H and O–H groups in total. The molecule has 1 spiro atoms. The van der Waals surface area contributed by atoms with Crippen molar-refractivity contribution in [1.82, 2.24) is 25.1 Å². The summed E-state index contributed by atoms with van der Waals surface area (Å²) in [7, 11) is 3.45. The molecule has 370 valence electrons. The Hall–Kier alpha value is -8.13. The standard InChI is InChI=1S/C58H54N6O9/c1-62(37-39-15-6-3-7-16-39)30-14-17-38-24-29-47-44(35-38)58(56(68)63(47)57(69)72-34-33-70-2)49(54(66)59-36-48-60-45-22-12-13-23-46(45)61-48)51-55(67)73-52(41-20-10-5-11-21-41)50(40-18-8-4-9-19-40)64(51)53(58)42-25-27-43(28-26-42)71-32-31-65/h3-13,15-16,18-29,35,49-53,65H,30-34,36-37H2,1-2H3,(H,59,66)(H,60,61)/t49-,50-,51-,52+,53+,58-/m1/s1. The summed E-state index contributed by atoms with van der Waals surface area (Å²) in [5, 5.41) is 12.7. The van der Waals surface area contributed by atoms with Crippen LogP contribution in [0.15, 0.2) is 158 Å². The highest BCUT2D eigenvalue weighted by atomic mass is 16.6. The van der Waals surface area contributed by atoms with Crippen molar-refractivity contribution in [1.29, 1.82) is 0 Å². The van der Waals surface area contributed by atoms with Crippen molar-refractivity contribution in [3.05, 3.63) is 197 Å². The topological polar surface area (TPSA) is 176 Å². The van der Waals surface area contributed by atoms with Crippen LogP contribution in [0, 0.1) is 17.8 Å². The number of hydrogen-bond acceptors (Lipinski definition) is 12. The summed E-state index contributed by atoms with van der Waals surface area (Å²) in [4.78, 5) is 75.5. The van der Waals surface area contributed by atoms with Crippen LogP contribution < -0.4 is 15.0 Å². The number of esters is 1. The fraction of sp³-hybridized carbons (Fsp3) is 0.259. The fourth-order valence-corrected chi connectivity index (χ4v) is 10.7. The Morgan fingerprint density at radius 2 is 1.52 bits per heavy atom. The van der Waals surface area contributed by atoms with Crippen LogP contribution >= 0.6 is 0 Å². The zero-order valence-electron chi connectivity index (χ0n) is 40.3. The van der Waals surface area contributed by atoms with E-state index in [-0.39, 0.29) is 38.7 Å². The van der Waals surface area contributed by atoms with E-state index < -0.39 is 59.4 Å². The maximum atomic E-state index is 16.5. The predicted molar refractivity (Wildman–Crippen MR) is 272 cm³/mol. The molecule has 3 aliphatic heterocycles. The second-order valence-corrected chi connectivity index (χ2v) is 18.3. The lowest BCUT2D eigenvalue weighted by atomic mass is 9.65. The number of carbonyl (C=O) groups excluding carboxylic acids is 4. The Balaban J connectivity index is 1.20. The molecule has 3 amide bonds. The van der Waals surface area contributed by atoms with E-state index in [0.717, 1.165) is 21.5 Å². The number of fused-ring (bicyclic) bond motifs is 4. The van der Waals surface area contributed by atoms with Crippen LogP contribution in [0.1, 0.15) is 57.4 Å². The molecule has 1 aromatic heterocycles. The maximum Gasteiger partial charge on any atom is 0.421 e. The van der Waals surface area contributed by atoms with E-state index in [1.165, 1.54) is 7.11 Å². The summed E-state index contributed by atoms with van der Waals surface area (Å²) < 4.78 is 23.4. The van der Waals surface area contributed by atoms with E-state index in [2.05, 4.69) is 39.2 Å². The molecule has 2 saturated heterocycles. The Labute approximate surface area is 422 Å². The number of amides is 3. The molecule has 15 heteroatoms. The minimum absolute atomic E-state index is 0.0347. The Kier molecular flexibility index (Phi) is 14.1. The highest BCUT2D eigenvalue weighted by Crippen LogP contribution is 2.66. The highest BCUT2D eigenvalue weighted by molar-refractivity contribution is 6.23. The number of imidazole rings is 1. The number of nitrogens with zero attached hydrogens (tertiary/aromatic N) is 4. The molecular formula is C58H54N6O9. The molecule has 0 saturated carbocycles. The van der Waals surface area contributed by atoms with Crippen molar-refractivity contribution in [3.63, 3.8) is 0 Å². The van der Waals surface area contributed by atoms with Crippen LogP contribution in [0.25, 0.3) is 11.0 Å². The normalized spacial score (nSPS) is 21.1. The van der Waals surface area contributed by atoms with Gasteiger partial charge >= 0.3 is 12.1 Å². The molecule has 10 rings (SSSR count). The number of anilines is 1. The highest BCUT2D eigenvalue weighted by Gasteiger charge is 2.75. The average molecular weight is 979 g/mol. The Morgan fingerprint density at radius 1 is 0.822 bits per heavy atom. The van der Waals surface area contributed by atoms with Crippen LogP contribution in [-0.4, -0.2) is 102 Å². The Bertz CT molecular complexity index is 3150. The number of aromatic amines is 1. The third-order valence-corrected chi connectivity index (χ3v) is 13.7. The van der Waals surface area contributed by atoms with Gasteiger partial charge in [0.2, 0.25) is 11.8 Å². The quantitative estimate of drug-likeness (QED) is 0.0537. The minimum atomic E-state index is -2.05. The molecular weight excluding hydrogens is 925 g/mol. The van der Waals surface area contributed by atoms with Gasteiger partial charge in [0.05, 0.1) is 61.0 Å². The number of morpholine rings is 1. The molecule has 3 aliphatic rings. The largest absolute Gasteiger partial charge is 0.491 e. The number of carbonyl (C=O) groups is 4. The molecule has 7 aromatic rings. The molecule has 0 radical (unpaired) electrons. The number of aliphatic hydroxyl groups excluding tert-OH is 1. The van der Waals surface area contributed by atoms with Crippen molar-refractivity contribution >= 4 is 40.6 Å². The van der Waals surface area contributed by atoms with Gasteiger partial charge in [-0.3, -0.25) is 24.2 Å². The molecule has 0 aliphatic carbocycles. The van der Waals surface area contributed by atoms with Crippen molar-refractivity contribution in [2.45, 2.75) is 42.7 Å². The number of aromatic nitrogens is 2. The molecule has 6 aromatic carbocycles. The van der Waals surface area contributed by atoms with Gasteiger partial charge in [0.25, 0.3) is 0 Å². The lowest BCUT2D eigenvalue weighted by Gasteiger charge is -2.46. The van der Waals surface area contributed by atoms with Gasteiger partial charge < -0.3 is 34.4 Å². The van der Waals surface area contributed by atoms with E-state index in [4.69, 9.17) is 23.9 Å². The zero-order chi connectivity index (χ0) is 50.5. The summed E-state index contributed by atoms with van der Waals surface area (Å²) in [6, 6.07) is 45.3. The minimum Gasteiger partial charge on any atom is -0.491 e. The monoisotopic (exact) mass is 978 g/mol. The van der Waals surface area contributed by atoms with Crippen molar-refractivity contribution in [3.8, 4) is 17.6 Å². The first-order chi connectivity index (χ1) is 35.7. The first kappa shape index (κ1) is 48.5. The third kappa shape index (κ3) is 9.33. The van der Waals surface area contributed by atoms with E-state index >= 15 is 14.4 Å². The van der Waals surface area contributed by atoms with E-state index in [0.29, 0.717) is 52.4 Å². The van der Waals surface area contributed by atoms with Gasteiger partial charge in [0.1, 0.15) is 42.3 Å². The maximum absolute atomic E-state index is 16.5. The second kappa shape index (κ2) is 21.3. The van der Waals surface area contributed by atoms with Gasteiger partial charge in [0.15, 0.2) is 0 Å². The number of benzene rings is 6. The van der Waals surface area contributed by atoms with Gasteiger partial charge in [-0.05, 0) is 77.3 Å². The fourth-order valence-electron chi connectivity index (χ4n) is 10.7.